The largest absolute Gasteiger partial charge is 0.478 e. The number of amides is 1. The summed E-state index contributed by atoms with van der Waals surface area (Å²) in [5.41, 5.74) is 0.885. The first-order valence-electron chi connectivity index (χ1n) is 5.94. The quantitative estimate of drug-likeness (QED) is 0.631. The maximum absolute atomic E-state index is 11.6. The highest BCUT2D eigenvalue weighted by molar-refractivity contribution is 5.91. The molecule has 0 spiro atoms. The fraction of sp³-hybridized carbons (Fsp3) is 0.154. The molecule has 0 bridgehead atoms. The number of aromatic amines is 2. The zero-order chi connectivity index (χ0) is 14.5. The molecule has 0 unspecified atom stereocenters. The van der Waals surface area contributed by atoms with Crippen molar-refractivity contribution < 1.29 is 14.7 Å². The molecule has 0 atom stereocenters. The minimum Gasteiger partial charge on any atom is -0.478 e. The van der Waals surface area contributed by atoms with Gasteiger partial charge in [0.25, 0.3) is 5.91 Å². The van der Waals surface area contributed by atoms with Crippen molar-refractivity contribution in [2.45, 2.75) is 6.42 Å². The molecule has 104 valence electrons. The zero-order valence-electron chi connectivity index (χ0n) is 10.5. The van der Waals surface area contributed by atoms with Crippen molar-refractivity contribution in [2.24, 2.45) is 0 Å². The number of aromatic carboxylic acids is 1. The summed E-state index contributed by atoms with van der Waals surface area (Å²) < 4.78 is 0. The number of hydrogen-bond acceptors (Lipinski definition) is 3. The third-order valence-electron chi connectivity index (χ3n) is 2.74. The van der Waals surface area contributed by atoms with E-state index in [1.54, 1.807) is 12.1 Å². The monoisotopic (exact) mass is 275 g/mol. The number of carboxylic acids is 1. The molecule has 7 nitrogen and oxygen atoms in total. The highest BCUT2D eigenvalue weighted by Gasteiger charge is 2.07. The highest BCUT2D eigenvalue weighted by Crippen LogP contribution is 2.04. The molecule has 1 aromatic carbocycles. The second-order valence-electron chi connectivity index (χ2n) is 4.16. The van der Waals surface area contributed by atoms with Gasteiger partial charge in [0.15, 0.2) is 0 Å². The Kier molecular flexibility index (Phi) is 3.99. The number of nitrogens with one attached hydrogen (secondary N) is 3. The van der Waals surface area contributed by atoms with E-state index >= 15 is 0 Å². The summed E-state index contributed by atoms with van der Waals surface area (Å²) in [4.78, 5) is 37.8. The molecule has 0 saturated carbocycles. The highest BCUT2D eigenvalue weighted by atomic mass is 16.4. The predicted molar refractivity (Wildman–Crippen MR) is 70.9 cm³/mol. The fourth-order valence-electron chi connectivity index (χ4n) is 1.68. The van der Waals surface area contributed by atoms with Gasteiger partial charge in [-0.2, -0.15) is 0 Å². The van der Waals surface area contributed by atoms with Crippen molar-refractivity contribution in [1.82, 2.24) is 15.3 Å². The van der Waals surface area contributed by atoms with Crippen LogP contribution in [0.2, 0.25) is 0 Å². The molecule has 1 heterocycles. The third-order valence-corrected chi connectivity index (χ3v) is 2.74. The molecule has 1 amide bonds. The molecule has 0 saturated heterocycles. The molecule has 2 aromatic rings. The van der Waals surface area contributed by atoms with E-state index in [1.165, 1.54) is 18.3 Å². The van der Waals surface area contributed by atoms with Gasteiger partial charge in [-0.25, -0.2) is 9.59 Å². The Bertz CT molecular complexity index is 669. The van der Waals surface area contributed by atoms with Crippen molar-refractivity contribution in [3.63, 3.8) is 0 Å². The van der Waals surface area contributed by atoms with Gasteiger partial charge in [0.05, 0.1) is 5.56 Å². The van der Waals surface area contributed by atoms with Crippen LogP contribution in [-0.2, 0) is 6.42 Å². The van der Waals surface area contributed by atoms with E-state index in [2.05, 4.69) is 15.3 Å². The Balaban J connectivity index is 1.85. The molecule has 0 fully saturated rings. The van der Waals surface area contributed by atoms with Crippen molar-refractivity contribution in [3.05, 3.63) is 57.8 Å². The van der Waals surface area contributed by atoms with Crippen LogP contribution < -0.4 is 11.0 Å². The first-order chi connectivity index (χ1) is 9.56. The van der Waals surface area contributed by atoms with Crippen molar-refractivity contribution in [1.29, 1.82) is 0 Å². The van der Waals surface area contributed by atoms with Gasteiger partial charge in [-0.05, 0) is 24.1 Å². The number of aromatic nitrogens is 2. The predicted octanol–water partition coefficient (Wildman–Crippen LogP) is 0.374. The first-order valence-corrected chi connectivity index (χ1v) is 5.94. The van der Waals surface area contributed by atoms with Gasteiger partial charge >= 0.3 is 11.7 Å². The van der Waals surface area contributed by atoms with E-state index in [9.17, 15) is 14.4 Å². The summed E-state index contributed by atoms with van der Waals surface area (Å²) in [6.07, 6.45) is 1.87. The lowest BCUT2D eigenvalue weighted by Crippen LogP contribution is -2.26. The average molecular weight is 275 g/mol. The van der Waals surface area contributed by atoms with Gasteiger partial charge in [0, 0.05) is 12.7 Å². The van der Waals surface area contributed by atoms with E-state index in [-0.39, 0.29) is 17.2 Å². The van der Waals surface area contributed by atoms with Gasteiger partial charge < -0.3 is 20.4 Å². The molecule has 4 N–H and O–H groups in total. The average Bonchev–Trinajstić information content (AvgIpc) is 2.86. The number of carbonyl (C=O) groups is 2. The van der Waals surface area contributed by atoms with Gasteiger partial charge in [-0.3, -0.25) is 4.79 Å². The molecular weight excluding hydrogens is 262 g/mol. The van der Waals surface area contributed by atoms with E-state index in [0.29, 0.717) is 13.0 Å². The number of imidazole rings is 1. The van der Waals surface area contributed by atoms with E-state index in [0.717, 1.165) is 5.56 Å². The Morgan fingerprint density at radius 2 is 1.90 bits per heavy atom. The lowest BCUT2D eigenvalue weighted by atomic mass is 10.1. The Hall–Kier alpha value is -2.83. The summed E-state index contributed by atoms with van der Waals surface area (Å²) in [6.45, 7) is 0.387. The molecule has 0 aliphatic carbocycles. The Morgan fingerprint density at radius 1 is 1.20 bits per heavy atom. The summed E-state index contributed by atoms with van der Waals surface area (Å²) in [7, 11) is 0. The molecule has 2 rings (SSSR count). The number of H-pyrrole nitrogens is 2. The Morgan fingerprint density at radius 3 is 2.45 bits per heavy atom. The standard InChI is InChI=1S/C13H13N3O4/c17-11(10-7-15-13(20)16-10)14-6-5-8-1-3-9(4-2-8)12(18)19/h1-4,7H,5-6H2,(H,14,17)(H,18,19)(H2,15,16,20). The van der Waals surface area contributed by atoms with Crippen LogP contribution >= 0.6 is 0 Å². The van der Waals surface area contributed by atoms with Gasteiger partial charge in [0.2, 0.25) is 0 Å². The molecule has 0 aliphatic heterocycles. The molecule has 7 heteroatoms. The van der Waals surface area contributed by atoms with Gasteiger partial charge in [0.1, 0.15) is 5.69 Å². The van der Waals surface area contributed by atoms with Crippen LogP contribution in [0, 0.1) is 0 Å². The van der Waals surface area contributed by atoms with Crippen LogP contribution in [0.5, 0.6) is 0 Å². The summed E-state index contributed by atoms with van der Waals surface area (Å²) in [5, 5.41) is 11.4. The van der Waals surface area contributed by atoms with Gasteiger partial charge in [-0.1, -0.05) is 12.1 Å². The number of carboxylic acid groups (broad SMARTS) is 1. The number of hydrogen-bond donors (Lipinski definition) is 4. The van der Waals surface area contributed by atoms with E-state index in [4.69, 9.17) is 5.11 Å². The van der Waals surface area contributed by atoms with Crippen LogP contribution in [0.1, 0.15) is 26.4 Å². The molecule has 20 heavy (non-hydrogen) atoms. The fourth-order valence-corrected chi connectivity index (χ4v) is 1.68. The van der Waals surface area contributed by atoms with Crippen molar-refractivity contribution >= 4 is 11.9 Å². The summed E-state index contributed by atoms with van der Waals surface area (Å²) >= 11 is 0. The topological polar surface area (TPSA) is 115 Å². The molecule has 0 radical (unpaired) electrons. The maximum Gasteiger partial charge on any atom is 0.335 e. The van der Waals surface area contributed by atoms with Crippen LogP contribution in [0.15, 0.2) is 35.3 Å². The Labute approximate surface area is 113 Å². The summed E-state index contributed by atoms with van der Waals surface area (Å²) in [5.74, 6) is -1.34. The molecule has 0 aliphatic rings. The van der Waals surface area contributed by atoms with Crippen LogP contribution in [0.3, 0.4) is 0 Å². The maximum atomic E-state index is 11.6. The lowest BCUT2D eigenvalue weighted by molar-refractivity contribution is 0.0696. The SMILES string of the molecule is O=C(O)c1ccc(CCNC(=O)c2c[nH]c(=O)[nH]2)cc1. The second-order valence-corrected chi connectivity index (χ2v) is 4.16. The van der Waals surface area contributed by atoms with Gasteiger partial charge in [-0.15, -0.1) is 0 Å². The van der Waals surface area contributed by atoms with Crippen LogP contribution in [0.25, 0.3) is 0 Å². The normalized spacial score (nSPS) is 10.2. The smallest absolute Gasteiger partial charge is 0.335 e. The number of benzene rings is 1. The number of carbonyl (C=O) groups excluding carboxylic acids is 1. The third kappa shape index (κ3) is 3.35. The minimum atomic E-state index is -0.971. The second kappa shape index (κ2) is 5.87. The molecular formula is C13H13N3O4. The van der Waals surface area contributed by atoms with Crippen LogP contribution in [-0.4, -0.2) is 33.5 Å². The number of rotatable bonds is 5. The van der Waals surface area contributed by atoms with Crippen molar-refractivity contribution in [2.75, 3.05) is 6.54 Å². The first kappa shape index (κ1) is 13.6. The minimum absolute atomic E-state index is 0.177. The summed E-state index contributed by atoms with van der Waals surface area (Å²) in [6, 6.07) is 6.44. The molecule has 1 aromatic heterocycles. The zero-order valence-corrected chi connectivity index (χ0v) is 10.5. The van der Waals surface area contributed by atoms with E-state index in [1.807, 2.05) is 0 Å². The van der Waals surface area contributed by atoms with E-state index < -0.39 is 11.7 Å². The van der Waals surface area contributed by atoms with Crippen LogP contribution in [0.4, 0.5) is 0 Å². The lowest BCUT2D eigenvalue weighted by Gasteiger charge is -2.04. The van der Waals surface area contributed by atoms with Crippen molar-refractivity contribution in [3.8, 4) is 0 Å².